The minimum atomic E-state index is -0.139. The van der Waals surface area contributed by atoms with Gasteiger partial charge in [-0.1, -0.05) is 24.3 Å². The number of H-pyrrole nitrogens is 1. The van der Waals surface area contributed by atoms with Gasteiger partial charge in [-0.3, -0.25) is 9.59 Å². The normalized spacial score (nSPS) is 11.9. The lowest BCUT2D eigenvalue weighted by atomic mass is 9.96. The number of carbonyl (C=O) groups is 2. The Kier molecular flexibility index (Phi) is 5.44. The van der Waals surface area contributed by atoms with Gasteiger partial charge >= 0.3 is 0 Å². The van der Waals surface area contributed by atoms with Crippen LogP contribution in [0.5, 0.6) is 0 Å². The third kappa shape index (κ3) is 4.22. The van der Waals surface area contributed by atoms with Gasteiger partial charge in [0.1, 0.15) is 0 Å². The van der Waals surface area contributed by atoms with Gasteiger partial charge in [0.05, 0.1) is 0 Å². The Labute approximate surface area is 172 Å². The lowest BCUT2D eigenvalue weighted by Crippen LogP contribution is -2.28. The van der Waals surface area contributed by atoms with Crippen LogP contribution in [0.4, 0.5) is 5.69 Å². The predicted octanol–water partition coefficient (Wildman–Crippen LogP) is 4.75. The number of hydrogen-bond acceptors (Lipinski definition) is 3. The molecule has 0 radical (unpaired) electrons. The zero-order chi connectivity index (χ0) is 20.2. The summed E-state index contributed by atoms with van der Waals surface area (Å²) in [5.74, 6) is -0.214. The highest BCUT2D eigenvalue weighted by atomic mass is 32.1. The Morgan fingerprint density at radius 1 is 1.03 bits per heavy atom. The molecule has 3 N–H and O–H groups in total. The van der Waals surface area contributed by atoms with Crippen molar-refractivity contribution in [1.29, 1.82) is 0 Å². The molecular weight excluding hydrogens is 382 g/mol. The largest absolute Gasteiger partial charge is 0.361 e. The molecule has 1 atom stereocenters. The van der Waals surface area contributed by atoms with Crippen LogP contribution < -0.4 is 10.6 Å². The van der Waals surface area contributed by atoms with E-state index in [2.05, 4.69) is 39.2 Å². The van der Waals surface area contributed by atoms with Crippen LogP contribution in [0.1, 0.15) is 33.6 Å². The molecule has 2 aromatic heterocycles. The van der Waals surface area contributed by atoms with Gasteiger partial charge in [-0.2, -0.15) is 0 Å². The summed E-state index contributed by atoms with van der Waals surface area (Å²) in [5.41, 5.74) is 3.49. The second kappa shape index (κ2) is 8.32. The van der Waals surface area contributed by atoms with Gasteiger partial charge in [0, 0.05) is 52.6 Å². The second-order valence-corrected chi connectivity index (χ2v) is 7.81. The van der Waals surface area contributed by atoms with Crippen LogP contribution in [0.2, 0.25) is 0 Å². The zero-order valence-corrected chi connectivity index (χ0v) is 16.8. The number of rotatable bonds is 6. The summed E-state index contributed by atoms with van der Waals surface area (Å²) in [6, 6.07) is 19.2. The van der Waals surface area contributed by atoms with Crippen molar-refractivity contribution in [3.63, 3.8) is 0 Å². The molecule has 0 saturated carbocycles. The van der Waals surface area contributed by atoms with Crippen molar-refractivity contribution >= 4 is 39.7 Å². The van der Waals surface area contributed by atoms with E-state index in [1.165, 1.54) is 22.8 Å². The number of thiophene rings is 1. The highest BCUT2D eigenvalue weighted by Gasteiger charge is 2.20. The van der Waals surface area contributed by atoms with Crippen molar-refractivity contribution in [3.8, 4) is 0 Å². The Bertz CT molecular complexity index is 1130. The molecular formula is C23H21N3O2S. The van der Waals surface area contributed by atoms with Crippen molar-refractivity contribution in [2.24, 2.45) is 0 Å². The summed E-state index contributed by atoms with van der Waals surface area (Å²) in [6.07, 6.45) is 2.03. The molecule has 2 amide bonds. The minimum absolute atomic E-state index is 0.0637. The van der Waals surface area contributed by atoms with E-state index in [-0.39, 0.29) is 17.7 Å². The molecule has 5 nitrogen and oxygen atoms in total. The van der Waals surface area contributed by atoms with E-state index in [9.17, 15) is 9.59 Å². The Balaban J connectivity index is 1.53. The number of amides is 2. The predicted molar refractivity (Wildman–Crippen MR) is 118 cm³/mol. The van der Waals surface area contributed by atoms with Crippen LogP contribution >= 0.6 is 11.3 Å². The molecule has 2 heterocycles. The fourth-order valence-electron chi connectivity index (χ4n) is 3.44. The number of hydrogen-bond donors (Lipinski definition) is 3. The van der Waals surface area contributed by atoms with E-state index in [1.807, 2.05) is 24.4 Å². The lowest BCUT2D eigenvalue weighted by Gasteiger charge is -2.16. The Hall–Kier alpha value is -3.38. The molecule has 0 fully saturated rings. The van der Waals surface area contributed by atoms with E-state index in [4.69, 9.17) is 0 Å². The molecule has 146 valence electrons. The highest BCUT2D eigenvalue weighted by Crippen LogP contribution is 2.32. The molecule has 0 unspecified atom stereocenters. The minimum Gasteiger partial charge on any atom is -0.361 e. The highest BCUT2D eigenvalue weighted by molar-refractivity contribution is 7.10. The van der Waals surface area contributed by atoms with Crippen LogP contribution in [0.3, 0.4) is 0 Å². The maximum absolute atomic E-state index is 12.7. The van der Waals surface area contributed by atoms with Crippen LogP contribution in [0.25, 0.3) is 10.9 Å². The van der Waals surface area contributed by atoms with E-state index >= 15 is 0 Å². The van der Waals surface area contributed by atoms with Crippen molar-refractivity contribution in [3.05, 3.63) is 88.2 Å². The summed E-state index contributed by atoms with van der Waals surface area (Å²) in [6.45, 7) is 1.95. The Morgan fingerprint density at radius 3 is 2.55 bits per heavy atom. The maximum atomic E-state index is 12.7. The summed E-state index contributed by atoms with van der Waals surface area (Å²) >= 11 is 1.69. The van der Waals surface area contributed by atoms with Gasteiger partial charge in [-0.15, -0.1) is 11.3 Å². The van der Waals surface area contributed by atoms with Gasteiger partial charge in [-0.25, -0.2) is 0 Å². The number of para-hydroxylation sites is 1. The summed E-state index contributed by atoms with van der Waals surface area (Å²) < 4.78 is 0. The molecule has 0 saturated heterocycles. The number of nitrogens with one attached hydrogen (secondary N) is 3. The number of carbonyl (C=O) groups excluding carboxylic acids is 2. The zero-order valence-electron chi connectivity index (χ0n) is 15.9. The average Bonchev–Trinajstić information content (AvgIpc) is 3.39. The van der Waals surface area contributed by atoms with Crippen molar-refractivity contribution in [1.82, 2.24) is 10.3 Å². The lowest BCUT2D eigenvalue weighted by molar-refractivity contribution is -0.114. The summed E-state index contributed by atoms with van der Waals surface area (Å²) in [5, 5.41) is 8.99. The molecule has 0 bridgehead atoms. The number of benzene rings is 2. The van der Waals surface area contributed by atoms with Crippen LogP contribution in [-0.4, -0.2) is 23.3 Å². The Morgan fingerprint density at radius 2 is 1.83 bits per heavy atom. The molecule has 4 aromatic rings. The summed E-state index contributed by atoms with van der Waals surface area (Å²) in [4.78, 5) is 28.4. The molecule has 0 aliphatic carbocycles. The average molecular weight is 404 g/mol. The van der Waals surface area contributed by atoms with E-state index in [1.54, 1.807) is 35.6 Å². The third-order valence-corrected chi connectivity index (χ3v) is 5.80. The quantitative estimate of drug-likeness (QED) is 0.435. The van der Waals surface area contributed by atoms with Crippen LogP contribution in [0, 0.1) is 0 Å². The van der Waals surface area contributed by atoms with Gasteiger partial charge in [0.15, 0.2) is 0 Å². The number of aromatic nitrogens is 1. The second-order valence-electron chi connectivity index (χ2n) is 6.83. The summed E-state index contributed by atoms with van der Waals surface area (Å²) in [7, 11) is 0. The molecule has 2 aromatic carbocycles. The third-order valence-electron chi connectivity index (χ3n) is 4.82. The first kappa shape index (κ1) is 19.0. The number of aromatic amines is 1. The SMILES string of the molecule is CC(=O)Nc1ccc(C(=O)NC[C@H](c2cccs2)c2c[nH]c3ccccc23)cc1. The fraction of sp³-hybridized carbons (Fsp3) is 0.130. The smallest absolute Gasteiger partial charge is 0.251 e. The first-order valence-electron chi connectivity index (χ1n) is 9.37. The van der Waals surface area contributed by atoms with Crippen molar-refractivity contribution < 1.29 is 9.59 Å². The standard InChI is InChI=1S/C23H21N3O2S/c1-15(27)26-17-10-8-16(9-11-17)23(28)25-14-20(22-7-4-12-29-22)19-13-24-21-6-3-2-5-18(19)21/h2-13,20,24H,14H2,1H3,(H,25,28)(H,26,27)/t20-/m0/s1. The van der Waals surface area contributed by atoms with Crippen molar-refractivity contribution in [2.45, 2.75) is 12.8 Å². The monoisotopic (exact) mass is 403 g/mol. The molecule has 4 rings (SSSR count). The molecule has 6 heteroatoms. The van der Waals surface area contributed by atoms with Crippen LogP contribution in [-0.2, 0) is 4.79 Å². The first-order valence-corrected chi connectivity index (χ1v) is 10.2. The molecule has 0 aliphatic heterocycles. The number of fused-ring (bicyclic) bond motifs is 1. The van der Waals surface area contributed by atoms with Crippen molar-refractivity contribution in [2.75, 3.05) is 11.9 Å². The maximum Gasteiger partial charge on any atom is 0.251 e. The first-order chi connectivity index (χ1) is 14.1. The van der Waals surface area contributed by atoms with Gasteiger partial charge < -0.3 is 15.6 Å². The van der Waals surface area contributed by atoms with Gasteiger partial charge in [-0.05, 0) is 47.3 Å². The van der Waals surface area contributed by atoms with Crippen LogP contribution in [0.15, 0.2) is 72.2 Å². The molecule has 0 aliphatic rings. The van der Waals surface area contributed by atoms with E-state index < -0.39 is 0 Å². The topological polar surface area (TPSA) is 74.0 Å². The fourth-order valence-corrected chi connectivity index (χ4v) is 4.29. The molecule has 0 spiro atoms. The van der Waals surface area contributed by atoms with E-state index in [0.717, 1.165) is 5.52 Å². The molecule has 29 heavy (non-hydrogen) atoms. The van der Waals surface area contributed by atoms with Gasteiger partial charge in [0.2, 0.25) is 5.91 Å². The van der Waals surface area contributed by atoms with Gasteiger partial charge in [0.25, 0.3) is 5.91 Å². The number of anilines is 1. The van der Waals surface area contributed by atoms with E-state index in [0.29, 0.717) is 17.8 Å².